The minimum atomic E-state index is -3.69. The lowest BCUT2D eigenvalue weighted by molar-refractivity contribution is 0.0602. The second-order valence-corrected chi connectivity index (χ2v) is 5.44. The van der Waals surface area contributed by atoms with Gasteiger partial charge in [-0.15, -0.1) is 11.3 Å². The first-order chi connectivity index (χ1) is 7.53. The van der Waals surface area contributed by atoms with E-state index in [9.17, 15) is 13.2 Å². The third-order valence-electron chi connectivity index (χ3n) is 1.73. The van der Waals surface area contributed by atoms with Crippen LogP contribution in [0.5, 0.6) is 0 Å². The highest BCUT2D eigenvalue weighted by atomic mass is 32.2. The molecule has 0 saturated heterocycles. The third-order valence-corrected chi connectivity index (χ3v) is 4.25. The number of nitrogens with one attached hydrogen (secondary N) is 1. The lowest BCUT2D eigenvalue weighted by atomic mass is 10.5. The molecule has 0 bridgehead atoms. The zero-order chi connectivity index (χ0) is 12.2. The van der Waals surface area contributed by atoms with Crippen LogP contribution in [0.3, 0.4) is 0 Å². The summed E-state index contributed by atoms with van der Waals surface area (Å²) in [7, 11) is -2.49. The Balaban J connectivity index is 3.04. The maximum absolute atomic E-state index is 11.7. The second-order valence-electron chi connectivity index (χ2n) is 2.79. The molecule has 1 heterocycles. The van der Waals surface area contributed by atoms with Crippen LogP contribution in [0.4, 0.5) is 0 Å². The highest BCUT2D eigenvalue weighted by Gasteiger charge is 2.23. The van der Waals surface area contributed by atoms with E-state index in [0.717, 1.165) is 11.3 Å². The average molecular weight is 264 g/mol. The minimum Gasteiger partial charge on any atom is -0.465 e. The fourth-order valence-electron chi connectivity index (χ4n) is 1.02. The number of carbonyl (C=O) groups excluding carboxylic acids is 1. The first-order valence-corrected chi connectivity index (χ1v) is 6.74. The van der Waals surface area contributed by atoms with Gasteiger partial charge in [-0.1, -0.05) is 0 Å². The van der Waals surface area contributed by atoms with Crippen LogP contribution >= 0.6 is 11.3 Å². The van der Waals surface area contributed by atoms with E-state index in [4.69, 9.17) is 5.73 Å². The average Bonchev–Trinajstić information content (AvgIpc) is 2.75. The largest absolute Gasteiger partial charge is 0.465 e. The minimum absolute atomic E-state index is 0.0621. The van der Waals surface area contributed by atoms with E-state index >= 15 is 0 Å². The summed E-state index contributed by atoms with van der Waals surface area (Å²) in [6, 6.07) is 1.36. The molecule has 1 aromatic heterocycles. The highest BCUT2D eigenvalue weighted by molar-refractivity contribution is 7.89. The van der Waals surface area contributed by atoms with Gasteiger partial charge in [0.25, 0.3) is 0 Å². The predicted octanol–water partition coefficient (Wildman–Crippen LogP) is -0.228. The zero-order valence-electron chi connectivity index (χ0n) is 8.60. The first-order valence-electron chi connectivity index (χ1n) is 4.38. The van der Waals surface area contributed by atoms with Crippen molar-refractivity contribution in [3.05, 3.63) is 16.3 Å². The molecule has 1 aromatic rings. The van der Waals surface area contributed by atoms with Gasteiger partial charge in [-0.2, -0.15) is 0 Å². The highest BCUT2D eigenvalue weighted by Crippen LogP contribution is 2.22. The van der Waals surface area contributed by atoms with E-state index in [1.54, 1.807) is 0 Å². The molecule has 1 rings (SSSR count). The summed E-state index contributed by atoms with van der Waals surface area (Å²) >= 11 is 1.02. The number of nitrogens with two attached hydrogens (primary N) is 1. The van der Waals surface area contributed by atoms with Crippen LogP contribution < -0.4 is 10.5 Å². The Bertz CT molecular complexity index is 466. The van der Waals surface area contributed by atoms with E-state index in [-0.39, 0.29) is 22.9 Å². The summed E-state index contributed by atoms with van der Waals surface area (Å²) in [5, 5.41) is 1.52. The molecule has 0 spiro atoms. The molecule has 0 radical (unpaired) electrons. The summed E-state index contributed by atoms with van der Waals surface area (Å²) < 4.78 is 30.2. The first kappa shape index (κ1) is 13.1. The van der Waals surface area contributed by atoms with Gasteiger partial charge in [0.2, 0.25) is 10.0 Å². The number of carbonyl (C=O) groups is 1. The number of hydrogen-bond acceptors (Lipinski definition) is 6. The fraction of sp³-hybridized carbons (Fsp3) is 0.375. The summed E-state index contributed by atoms with van der Waals surface area (Å²) in [5.74, 6) is -0.664. The Morgan fingerprint density at radius 1 is 1.62 bits per heavy atom. The SMILES string of the molecule is COC(=O)c1sccc1S(=O)(=O)NCCN. The number of rotatable bonds is 5. The Morgan fingerprint density at radius 2 is 2.31 bits per heavy atom. The molecular formula is C8H12N2O4S2. The van der Waals surface area contributed by atoms with Gasteiger partial charge in [-0.25, -0.2) is 17.9 Å². The van der Waals surface area contributed by atoms with E-state index in [1.165, 1.54) is 18.6 Å². The van der Waals surface area contributed by atoms with Crippen molar-refractivity contribution >= 4 is 27.3 Å². The maximum atomic E-state index is 11.7. The van der Waals surface area contributed by atoms with Crippen molar-refractivity contribution < 1.29 is 17.9 Å². The molecule has 0 atom stereocenters. The van der Waals surface area contributed by atoms with Gasteiger partial charge < -0.3 is 10.5 Å². The molecule has 0 fully saturated rings. The Morgan fingerprint density at radius 3 is 2.88 bits per heavy atom. The van der Waals surface area contributed by atoms with Gasteiger partial charge >= 0.3 is 5.97 Å². The lowest BCUT2D eigenvalue weighted by Gasteiger charge is -2.05. The van der Waals surface area contributed by atoms with E-state index in [0.29, 0.717) is 0 Å². The number of hydrogen-bond donors (Lipinski definition) is 2. The molecule has 0 amide bonds. The molecule has 0 aromatic carbocycles. The van der Waals surface area contributed by atoms with Gasteiger partial charge in [0, 0.05) is 13.1 Å². The predicted molar refractivity (Wildman–Crippen MR) is 59.9 cm³/mol. The molecule has 6 nitrogen and oxygen atoms in total. The standard InChI is InChI=1S/C8H12N2O4S2/c1-14-8(11)7-6(2-5-15-7)16(12,13)10-4-3-9/h2,5,10H,3-4,9H2,1H3. The van der Waals surface area contributed by atoms with Crippen molar-refractivity contribution in [3.63, 3.8) is 0 Å². The molecule has 8 heteroatoms. The summed E-state index contributed by atoms with van der Waals surface area (Å²) in [6.07, 6.45) is 0. The number of methoxy groups -OCH3 is 1. The number of esters is 1. The van der Waals surface area contributed by atoms with Gasteiger partial charge in [-0.05, 0) is 11.4 Å². The Hall–Kier alpha value is -0.960. The molecule has 3 N–H and O–H groups in total. The number of ether oxygens (including phenoxy) is 1. The van der Waals surface area contributed by atoms with Crippen LogP contribution in [0.2, 0.25) is 0 Å². The molecule has 0 aliphatic rings. The molecular weight excluding hydrogens is 252 g/mol. The van der Waals surface area contributed by atoms with Crippen LogP contribution in [-0.2, 0) is 14.8 Å². The Kier molecular flexibility index (Phi) is 4.42. The monoisotopic (exact) mass is 264 g/mol. The van der Waals surface area contributed by atoms with Crippen LogP contribution in [0.15, 0.2) is 16.3 Å². The van der Waals surface area contributed by atoms with Crippen molar-refractivity contribution in [2.24, 2.45) is 5.73 Å². The Labute approximate surface area is 97.5 Å². The van der Waals surface area contributed by atoms with Crippen LogP contribution in [-0.4, -0.2) is 34.6 Å². The van der Waals surface area contributed by atoms with Crippen LogP contribution in [0, 0.1) is 0 Å². The second kappa shape index (κ2) is 5.39. The number of thiophene rings is 1. The third kappa shape index (κ3) is 2.79. The summed E-state index contributed by atoms with van der Waals surface area (Å²) in [4.78, 5) is 11.3. The normalized spacial score (nSPS) is 11.4. The molecule has 0 aliphatic heterocycles. The van der Waals surface area contributed by atoms with E-state index < -0.39 is 16.0 Å². The van der Waals surface area contributed by atoms with Crippen molar-refractivity contribution in [1.82, 2.24) is 4.72 Å². The zero-order valence-corrected chi connectivity index (χ0v) is 10.2. The van der Waals surface area contributed by atoms with Crippen LogP contribution in [0.1, 0.15) is 9.67 Å². The van der Waals surface area contributed by atoms with Crippen molar-refractivity contribution in [2.45, 2.75) is 4.90 Å². The quantitative estimate of drug-likeness (QED) is 0.716. The van der Waals surface area contributed by atoms with Crippen molar-refractivity contribution in [1.29, 1.82) is 0 Å². The molecule has 90 valence electrons. The summed E-state index contributed by atoms with van der Waals surface area (Å²) in [6.45, 7) is 0.315. The van der Waals surface area contributed by atoms with E-state index in [2.05, 4.69) is 9.46 Å². The maximum Gasteiger partial charge on any atom is 0.349 e. The van der Waals surface area contributed by atoms with Gasteiger partial charge in [0.1, 0.15) is 9.77 Å². The molecule has 0 unspecified atom stereocenters. The molecule has 0 aliphatic carbocycles. The smallest absolute Gasteiger partial charge is 0.349 e. The topological polar surface area (TPSA) is 98.5 Å². The molecule has 16 heavy (non-hydrogen) atoms. The van der Waals surface area contributed by atoms with Gasteiger partial charge in [0.05, 0.1) is 7.11 Å². The number of sulfonamides is 1. The van der Waals surface area contributed by atoms with Crippen LogP contribution in [0.25, 0.3) is 0 Å². The van der Waals surface area contributed by atoms with E-state index in [1.807, 2.05) is 0 Å². The summed E-state index contributed by atoms with van der Waals surface area (Å²) in [5.41, 5.74) is 5.20. The van der Waals surface area contributed by atoms with Crippen molar-refractivity contribution in [3.8, 4) is 0 Å². The van der Waals surface area contributed by atoms with Gasteiger partial charge in [-0.3, -0.25) is 0 Å². The fourth-order valence-corrected chi connectivity index (χ4v) is 3.40. The van der Waals surface area contributed by atoms with Crippen molar-refractivity contribution in [2.75, 3.05) is 20.2 Å². The molecule has 0 saturated carbocycles. The van der Waals surface area contributed by atoms with Gasteiger partial charge in [0.15, 0.2) is 0 Å². The lowest BCUT2D eigenvalue weighted by Crippen LogP contribution is -2.29.